The van der Waals surface area contributed by atoms with E-state index in [4.69, 9.17) is 13.8 Å². The molecular formula is C13H25N2O5P. The van der Waals surface area contributed by atoms with E-state index in [0.717, 1.165) is 6.42 Å². The zero-order chi connectivity index (χ0) is 16.1. The van der Waals surface area contributed by atoms with E-state index in [0.29, 0.717) is 25.7 Å². The number of ether oxygens (including phenoxy) is 1. The molecule has 0 aliphatic heterocycles. The molecule has 0 aliphatic rings. The van der Waals surface area contributed by atoms with Crippen LogP contribution in [0.4, 0.5) is 0 Å². The Morgan fingerprint density at radius 2 is 2.05 bits per heavy atom. The van der Waals surface area contributed by atoms with Crippen molar-refractivity contribution in [2.24, 2.45) is 0 Å². The van der Waals surface area contributed by atoms with Crippen LogP contribution in [0.5, 0.6) is 0 Å². The molecule has 0 heterocycles. The topological polar surface area (TPSA) is 77.1 Å². The second-order valence-electron chi connectivity index (χ2n) is 4.05. The Morgan fingerprint density at radius 3 is 2.52 bits per heavy atom. The van der Waals surface area contributed by atoms with Gasteiger partial charge in [0.1, 0.15) is 0 Å². The van der Waals surface area contributed by atoms with Crippen LogP contribution < -0.4 is 5.32 Å². The standard InChI is InChI=1S/C13H25N2O5P/c1-5-12(20-8-9-21(18-3)19-4)10-15(11-16)7-6-13(17)14-2/h6-7,11-12H,5,8-10H2,1-4H3,(H,14,17)/b7-6-. The van der Waals surface area contributed by atoms with Crippen LogP contribution in [0.2, 0.25) is 0 Å². The SMILES string of the molecule is CCC(CN(C=O)/C=C\C(=O)NC)OCCP(OC)OC. The van der Waals surface area contributed by atoms with Gasteiger partial charge in [0, 0.05) is 39.7 Å². The van der Waals surface area contributed by atoms with Crippen molar-refractivity contribution in [1.82, 2.24) is 10.2 Å². The summed E-state index contributed by atoms with van der Waals surface area (Å²) in [5.41, 5.74) is 0. The van der Waals surface area contributed by atoms with Gasteiger partial charge < -0.3 is 24.0 Å². The molecule has 0 saturated heterocycles. The van der Waals surface area contributed by atoms with Crippen LogP contribution in [0, 0.1) is 0 Å². The Kier molecular flexibility index (Phi) is 12.1. The minimum Gasteiger partial charge on any atom is -0.376 e. The van der Waals surface area contributed by atoms with E-state index < -0.39 is 8.38 Å². The fourth-order valence-corrected chi connectivity index (χ4v) is 2.24. The number of nitrogens with one attached hydrogen (secondary N) is 1. The van der Waals surface area contributed by atoms with Crippen LogP contribution in [-0.2, 0) is 23.4 Å². The maximum absolute atomic E-state index is 11.1. The van der Waals surface area contributed by atoms with Crippen molar-refractivity contribution >= 4 is 20.7 Å². The molecule has 1 atom stereocenters. The molecule has 122 valence electrons. The van der Waals surface area contributed by atoms with E-state index in [-0.39, 0.29) is 12.0 Å². The molecule has 0 aromatic rings. The molecule has 0 radical (unpaired) electrons. The molecule has 0 bridgehead atoms. The summed E-state index contributed by atoms with van der Waals surface area (Å²) in [7, 11) is 3.82. The minimum absolute atomic E-state index is 0.102. The van der Waals surface area contributed by atoms with Gasteiger partial charge in [0.2, 0.25) is 12.3 Å². The van der Waals surface area contributed by atoms with Gasteiger partial charge in [-0.05, 0) is 6.42 Å². The lowest BCUT2D eigenvalue weighted by Gasteiger charge is -2.22. The molecule has 0 aromatic carbocycles. The molecule has 0 rings (SSSR count). The molecule has 21 heavy (non-hydrogen) atoms. The highest BCUT2D eigenvalue weighted by molar-refractivity contribution is 7.47. The van der Waals surface area contributed by atoms with Crippen LogP contribution in [0.15, 0.2) is 12.3 Å². The van der Waals surface area contributed by atoms with Crippen LogP contribution in [0.25, 0.3) is 0 Å². The lowest BCUT2D eigenvalue weighted by molar-refractivity contribution is -0.117. The number of hydrogen-bond acceptors (Lipinski definition) is 5. The highest BCUT2D eigenvalue weighted by Gasteiger charge is 2.12. The first-order chi connectivity index (χ1) is 10.1. The number of carbonyl (C=O) groups excluding carboxylic acids is 2. The fraction of sp³-hybridized carbons (Fsp3) is 0.692. The predicted octanol–water partition coefficient (Wildman–Crippen LogP) is 1.10. The second-order valence-corrected chi connectivity index (χ2v) is 5.90. The third-order valence-corrected chi connectivity index (χ3v) is 4.07. The number of likely N-dealkylation sites (N-methyl/N-ethyl adjacent to an activating group) is 1. The Balaban J connectivity index is 4.23. The summed E-state index contributed by atoms with van der Waals surface area (Å²) in [6.45, 7) is 2.87. The minimum atomic E-state index is -0.909. The second kappa shape index (κ2) is 12.7. The first kappa shape index (κ1) is 20.0. The van der Waals surface area contributed by atoms with Gasteiger partial charge in [0.05, 0.1) is 19.3 Å². The van der Waals surface area contributed by atoms with Crippen LogP contribution in [0.1, 0.15) is 13.3 Å². The highest BCUT2D eigenvalue weighted by atomic mass is 31.2. The van der Waals surface area contributed by atoms with Gasteiger partial charge in [-0.3, -0.25) is 9.59 Å². The van der Waals surface area contributed by atoms with E-state index in [9.17, 15) is 9.59 Å². The smallest absolute Gasteiger partial charge is 0.245 e. The van der Waals surface area contributed by atoms with Gasteiger partial charge in [0.15, 0.2) is 8.38 Å². The first-order valence-corrected chi connectivity index (χ1v) is 8.05. The summed E-state index contributed by atoms with van der Waals surface area (Å²) in [5.74, 6) is -0.262. The van der Waals surface area contributed by atoms with Crippen LogP contribution >= 0.6 is 8.38 Å². The number of hydrogen-bond donors (Lipinski definition) is 1. The van der Waals surface area contributed by atoms with E-state index in [1.165, 1.54) is 24.2 Å². The summed E-state index contributed by atoms with van der Waals surface area (Å²) >= 11 is 0. The molecule has 1 unspecified atom stereocenters. The summed E-state index contributed by atoms with van der Waals surface area (Å²) in [4.78, 5) is 23.5. The molecule has 8 heteroatoms. The Bertz CT molecular complexity index is 324. The number of carbonyl (C=O) groups is 2. The quantitative estimate of drug-likeness (QED) is 0.331. The van der Waals surface area contributed by atoms with Crippen LogP contribution in [0.3, 0.4) is 0 Å². The molecule has 0 aliphatic carbocycles. The molecule has 0 spiro atoms. The molecule has 7 nitrogen and oxygen atoms in total. The lowest BCUT2D eigenvalue weighted by Crippen LogP contribution is -2.30. The maximum atomic E-state index is 11.1. The van der Waals surface area contributed by atoms with Crippen LogP contribution in [-0.4, -0.2) is 63.9 Å². The zero-order valence-electron chi connectivity index (χ0n) is 13.1. The van der Waals surface area contributed by atoms with Gasteiger partial charge in [-0.25, -0.2) is 0 Å². The number of amides is 2. The fourth-order valence-electron chi connectivity index (χ4n) is 1.47. The zero-order valence-corrected chi connectivity index (χ0v) is 14.0. The van der Waals surface area contributed by atoms with Gasteiger partial charge in [-0.15, -0.1) is 0 Å². The van der Waals surface area contributed by atoms with Crippen molar-refractivity contribution in [3.63, 3.8) is 0 Å². The van der Waals surface area contributed by atoms with Crippen molar-refractivity contribution in [1.29, 1.82) is 0 Å². The summed E-state index contributed by atoms with van der Waals surface area (Å²) in [6.07, 6.45) is 4.74. The summed E-state index contributed by atoms with van der Waals surface area (Å²) in [5, 5.41) is 2.45. The van der Waals surface area contributed by atoms with Gasteiger partial charge in [-0.1, -0.05) is 6.92 Å². The Labute approximate surface area is 127 Å². The van der Waals surface area contributed by atoms with Crippen molar-refractivity contribution in [2.45, 2.75) is 19.4 Å². The van der Waals surface area contributed by atoms with Crippen molar-refractivity contribution in [3.8, 4) is 0 Å². The van der Waals surface area contributed by atoms with E-state index in [1.807, 2.05) is 6.92 Å². The van der Waals surface area contributed by atoms with Crippen molar-refractivity contribution < 1.29 is 23.4 Å². The van der Waals surface area contributed by atoms with Crippen molar-refractivity contribution in [2.75, 3.05) is 40.6 Å². The van der Waals surface area contributed by atoms with Gasteiger partial charge in [-0.2, -0.15) is 0 Å². The highest BCUT2D eigenvalue weighted by Crippen LogP contribution is 2.35. The molecule has 1 N–H and O–H groups in total. The molecule has 0 saturated carbocycles. The largest absolute Gasteiger partial charge is 0.376 e. The van der Waals surface area contributed by atoms with E-state index >= 15 is 0 Å². The number of rotatable bonds is 12. The van der Waals surface area contributed by atoms with Gasteiger partial charge in [0.25, 0.3) is 0 Å². The average Bonchev–Trinajstić information content (AvgIpc) is 2.53. The summed E-state index contributed by atoms with van der Waals surface area (Å²) < 4.78 is 16.0. The molecular weight excluding hydrogens is 295 g/mol. The monoisotopic (exact) mass is 320 g/mol. The van der Waals surface area contributed by atoms with E-state index in [2.05, 4.69) is 5.32 Å². The predicted molar refractivity (Wildman–Crippen MR) is 81.8 cm³/mol. The molecule has 0 fully saturated rings. The maximum Gasteiger partial charge on any atom is 0.245 e. The summed E-state index contributed by atoms with van der Waals surface area (Å²) in [6, 6.07) is 0. The normalized spacial score (nSPS) is 12.6. The van der Waals surface area contributed by atoms with Gasteiger partial charge >= 0.3 is 0 Å². The lowest BCUT2D eigenvalue weighted by atomic mass is 10.2. The third kappa shape index (κ3) is 9.52. The van der Waals surface area contributed by atoms with E-state index in [1.54, 1.807) is 14.2 Å². The third-order valence-electron chi connectivity index (χ3n) is 2.70. The molecule has 0 aromatic heterocycles. The van der Waals surface area contributed by atoms with Crippen molar-refractivity contribution in [3.05, 3.63) is 12.3 Å². The molecule has 2 amide bonds. The Hall–Kier alpha value is -1.01. The number of nitrogens with zero attached hydrogens (tertiary/aromatic N) is 1. The first-order valence-electron chi connectivity index (χ1n) is 6.69. The average molecular weight is 320 g/mol. The Morgan fingerprint density at radius 1 is 1.38 bits per heavy atom.